The number of carbonyl (C=O) groups is 1. The minimum Gasteiger partial charge on any atom is -0.391 e. The van der Waals surface area contributed by atoms with Crippen LogP contribution < -0.4 is 5.32 Å². The lowest BCUT2D eigenvalue weighted by Crippen LogP contribution is -2.54. The third kappa shape index (κ3) is 5.56. The van der Waals surface area contributed by atoms with Gasteiger partial charge in [-0.05, 0) is 24.7 Å². The first-order valence-corrected chi connectivity index (χ1v) is 6.79. The number of amides is 2. The van der Waals surface area contributed by atoms with E-state index in [0.717, 1.165) is 0 Å². The van der Waals surface area contributed by atoms with Crippen molar-refractivity contribution in [2.45, 2.75) is 58.4 Å². The summed E-state index contributed by atoms with van der Waals surface area (Å²) in [5, 5.41) is 11.5. The Kier molecular flexibility index (Phi) is 5.29. The number of carbonyl (C=O) groups excluding carboxylic acids is 1. The van der Waals surface area contributed by atoms with E-state index in [1.54, 1.807) is 20.8 Å². The van der Waals surface area contributed by atoms with Crippen molar-refractivity contribution in [3.63, 3.8) is 0 Å². The molecule has 0 saturated carbocycles. The Morgan fingerprint density at radius 3 is 2.45 bits per heavy atom. The summed E-state index contributed by atoms with van der Waals surface area (Å²) in [4.78, 5) is 13.1. The van der Waals surface area contributed by atoms with E-state index in [0.29, 0.717) is 19.4 Å². The molecule has 2 N–H and O–H groups in total. The van der Waals surface area contributed by atoms with Gasteiger partial charge < -0.3 is 15.3 Å². The quantitative estimate of drug-likeness (QED) is 0.822. The van der Waals surface area contributed by atoms with Crippen LogP contribution in [-0.4, -0.2) is 47.4 Å². The number of urea groups is 1. The topological polar surface area (TPSA) is 52.6 Å². The highest BCUT2D eigenvalue weighted by Gasteiger charge is 2.43. The minimum atomic E-state index is -4.47. The summed E-state index contributed by atoms with van der Waals surface area (Å²) < 4.78 is 38.9. The van der Waals surface area contributed by atoms with Gasteiger partial charge in [-0.2, -0.15) is 13.2 Å². The summed E-state index contributed by atoms with van der Waals surface area (Å²) >= 11 is 0. The highest BCUT2D eigenvalue weighted by atomic mass is 19.4. The van der Waals surface area contributed by atoms with Crippen LogP contribution in [0.5, 0.6) is 0 Å². The van der Waals surface area contributed by atoms with Crippen LogP contribution >= 0.6 is 0 Å². The Morgan fingerprint density at radius 1 is 1.40 bits per heavy atom. The van der Waals surface area contributed by atoms with E-state index in [-0.39, 0.29) is 13.0 Å². The zero-order chi connectivity index (χ0) is 15.6. The van der Waals surface area contributed by atoms with E-state index in [1.807, 2.05) is 0 Å². The molecular formula is C13H23F3N2O2. The van der Waals surface area contributed by atoms with Crippen molar-refractivity contribution in [3.05, 3.63) is 0 Å². The lowest BCUT2D eigenvalue weighted by atomic mass is 9.88. The maximum atomic E-state index is 13.0. The van der Waals surface area contributed by atoms with Gasteiger partial charge in [0.15, 0.2) is 0 Å². The molecule has 0 aromatic heterocycles. The highest BCUT2D eigenvalue weighted by molar-refractivity contribution is 5.74. The third-order valence-corrected chi connectivity index (χ3v) is 3.19. The Balaban J connectivity index is 2.67. The standard InChI is InChI=1S/C13H23F3N2O2/c1-12(2,3)7-10(13(14,15)16)17-11(20)18-6-4-5-9(19)8-18/h9-10,19H,4-8H2,1-3H3,(H,17,20)/t9-,10-/m0/s1. The van der Waals surface area contributed by atoms with Gasteiger partial charge in [0.1, 0.15) is 6.04 Å². The summed E-state index contributed by atoms with van der Waals surface area (Å²) in [5.74, 6) is 0. The van der Waals surface area contributed by atoms with Crippen molar-refractivity contribution in [2.75, 3.05) is 13.1 Å². The number of β-amino-alcohol motifs (C(OH)–C–C–N with tert-alkyl or cyclic N) is 1. The number of aliphatic hydroxyl groups is 1. The van der Waals surface area contributed by atoms with E-state index in [1.165, 1.54) is 4.90 Å². The molecule has 0 unspecified atom stereocenters. The van der Waals surface area contributed by atoms with Gasteiger partial charge in [0, 0.05) is 13.1 Å². The van der Waals surface area contributed by atoms with E-state index in [2.05, 4.69) is 5.32 Å². The Hall–Kier alpha value is -0.980. The van der Waals surface area contributed by atoms with Crippen molar-refractivity contribution in [1.29, 1.82) is 0 Å². The number of nitrogens with one attached hydrogen (secondary N) is 1. The predicted octanol–water partition coefficient (Wildman–Crippen LogP) is 2.52. The summed E-state index contributed by atoms with van der Waals surface area (Å²) in [7, 11) is 0. The molecule has 1 fully saturated rings. The number of alkyl halides is 3. The number of hydrogen-bond donors (Lipinski definition) is 2. The molecule has 0 radical (unpaired) electrons. The molecule has 1 saturated heterocycles. The second-order valence-electron chi connectivity index (χ2n) is 6.55. The van der Waals surface area contributed by atoms with Gasteiger partial charge in [-0.15, -0.1) is 0 Å². The van der Waals surface area contributed by atoms with Crippen LogP contribution in [0, 0.1) is 5.41 Å². The van der Waals surface area contributed by atoms with Crippen molar-refractivity contribution < 1.29 is 23.1 Å². The molecule has 0 aromatic carbocycles. The highest BCUT2D eigenvalue weighted by Crippen LogP contribution is 2.30. The average Bonchev–Trinajstić information content (AvgIpc) is 2.25. The van der Waals surface area contributed by atoms with Crippen molar-refractivity contribution >= 4 is 6.03 Å². The van der Waals surface area contributed by atoms with Crippen molar-refractivity contribution in [1.82, 2.24) is 10.2 Å². The molecule has 2 amide bonds. The molecule has 4 nitrogen and oxygen atoms in total. The molecule has 1 heterocycles. The van der Waals surface area contributed by atoms with Crippen LogP contribution in [0.2, 0.25) is 0 Å². The molecule has 1 aliphatic heterocycles. The van der Waals surface area contributed by atoms with Crippen molar-refractivity contribution in [3.8, 4) is 0 Å². The zero-order valence-electron chi connectivity index (χ0n) is 12.1. The number of halogens is 3. The number of likely N-dealkylation sites (tertiary alicyclic amines) is 1. The fraction of sp³-hybridized carbons (Fsp3) is 0.923. The second kappa shape index (κ2) is 6.20. The van der Waals surface area contributed by atoms with E-state index >= 15 is 0 Å². The van der Waals surface area contributed by atoms with Gasteiger partial charge >= 0.3 is 12.2 Å². The van der Waals surface area contributed by atoms with Gasteiger partial charge in [-0.1, -0.05) is 20.8 Å². The van der Waals surface area contributed by atoms with Crippen LogP contribution in [-0.2, 0) is 0 Å². The zero-order valence-corrected chi connectivity index (χ0v) is 12.1. The number of hydrogen-bond acceptors (Lipinski definition) is 2. The molecule has 0 aliphatic carbocycles. The molecule has 2 atom stereocenters. The van der Waals surface area contributed by atoms with E-state index < -0.39 is 29.8 Å². The SMILES string of the molecule is CC(C)(C)C[C@H](NC(=O)N1CCC[C@H](O)C1)C(F)(F)F. The predicted molar refractivity (Wildman–Crippen MR) is 69.3 cm³/mol. The van der Waals surface area contributed by atoms with Gasteiger partial charge in [0.2, 0.25) is 0 Å². The smallest absolute Gasteiger partial charge is 0.391 e. The van der Waals surface area contributed by atoms with Crippen LogP contribution in [0.25, 0.3) is 0 Å². The number of piperidine rings is 1. The molecule has 0 bridgehead atoms. The first kappa shape index (κ1) is 17.1. The summed E-state index contributed by atoms with van der Waals surface area (Å²) in [6, 6.07) is -2.62. The maximum Gasteiger partial charge on any atom is 0.408 e. The first-order valence-electron chi connectivity index (χ1n) is 6.79. The number of rotatable bonds is 2. The van der Waals surface area contributed by atoms with Gasteiger partial charge in [-0.3, -0.25) is 0 Å². The van der Waals surface area contributed by atoms with Gasteiger partial charge in [0.05, 0.1) is 6.10 Å². The van der Waals surface area contributed by atoms with E-state index in [9.17, 15) is 23.1 Å². The third-order valence-electron chi connectivity index (χ3n) is 3.19. The first-order chi connectivity index (χ1) is 8.99. The lowest BCUT2D eigenvalue weighted by molar-refractivity contribution is -0.159. The number of aliphatic hydroxyl groups excluding tert-OH is 1. The summed E-state index contributed by atoms with van der Waals surface area (Å²) in [6.07, 6.45) is -4.13. The lowest BCUT2D eigenvalue weighted by Gasteiger charge is -2.34. The normalized spacial score (nSPS) is 22.6. The molecule has 7 heteroatoms. The largest absolute Gasteiger partial charge is 0.408 e. The minimum absolute atomic E-state index is 0.0892. The monoisotopic (exact) mass is 296 g/mol. The Labute approximate surface area is 117 Å². The Morgan fingerprint density at radius 2 is 2.00 bits per heavy atom. The molecule has 0 aromatic rings. The van der Waals surface area contributed by atoms with Gasteiger partial charge in [-0.25, -0.2) is 4.79 Å². The molecular weight excluding hydrogens is 273 g/mol. The van der Waals surface area contributed by atoms with Crippen molar-refractivity contribution in [2.24, 2.45) is 5.41 Å². The van der Waals surface area contributed by atoms with Crippen LogP contribution in [0.4, 0.5) is 18.0 Å². The maximum absolute atomic E-state index is 13.0. The van der Waals surface area contributed by atoms with Crippen LogP contribution in [0.3, 0.4) is 0 Å². The average molecular weight is 296 g/mol. The molecule has 1 aliphatic rings. The summed E-state index contributed by atoms with van der Waals surface area (Å²) in [6.45, 7) is 5.56. The second-order valence-corrected chi connectivity index (χ2v) is 6.55. The molecule has 1 rings (SSSR count). The Bertz CT molecular complexity index is 339. The molecule has 20 heavy (non-hydrogen) atoms. The van der Waals surface area contributed by atoms with Crippen LogP contribution in [0.15, 0.2) is 0 Å². The van der Waals surface area contributed by atoms with Crippen LogP contribution in [0.1, 0.15) is 40.0 Å². The molecule has 0 spiro atoms. The fourth-order valence-electron chi connectivity index (χ4n) is 2.24. The number of nitrogens with zero attached hydrogens (tertiary/aromatic N) is 1. The molecule has 118 valence electrons. The summed E-state index contributed by atoms with van der Waals surface area (Å²) in [5.41, 5.74) is -0.547. The van der Waals surface area contributed by atoms with Gasteiger partial charge in [0.25, 0.3) is 0 Å². The fourth-order valence-corrected chi connectivity index (χ4v) is 2.24. The van der Waals surface area contributed by atoms with E-state index in [4.69, 9.17) is 0 Å².